The molecular weight excluding hydrogens is 378 g/mol. The van der Waals surface area contributed by atoms with E-state index >= 15 is 0 Å². The van der Waals surface area contributed by atoms with Gasteiger partial charge in [-0.3, -0.25) is 4.79 Å². The van der Waals surface area contributed by atoms with Crippen molar-refractivity contribution in [1.29, 1.82) is 0 Å². The van der Waals surface area contributed by atoms with Crippen LogP contribution in [0, 0.1) is 0 Å². The number of carbonyl (C=O) groups is 1. The Morgan fingerprint density at radius 3 is 2.38 bits per heavy atom. The van der Waals surface area contributed by atoms with Gasteiger partial charge in [-0.2, -0.15) is 11.8 Å². The van der Waals surface area contributed by atoms with Crippen molar-refractivity contribution in [2.45, 2.75) is 72.3 Å². The van der Waals surface area contributed by atoms with Crippen LogP contribution < -0.4 is 16.2 Å². The first-order valence-electron chi connectivity index (χ1n) is 10.5. The second-order valence-corrected chi connectivity index (χ2v) is 8.52. The number of thioether (sulfide) groups is 1. The molecule has 0 radical (unpaired) electrons. The average molecular weight is 420 g/mol. The molecule has 0 rings (SSSR count). The van der Waals surface area contributed by atoms with Gasteiger partial charge in [0.1, 0.15) is 0 Å². The minimum atomic E-state index is 0.0952. The monoisotopic (exact) mass is 419 g/mol. The quantitative estimate of drug-likeness (QED) is 0.159. The molecule has 0 heterocycles. The van der Waals surface area contributed by atoms with Crippen LogP contribution in [-0.2, 0) is 4.79 Å². The summed E-state index contributed by atoms with van der Waals surface area (Å²) in [6.07, 6.45) is 15.7. The van der Waals surface area contributed by atoms with Crippen LogP contribution in [0.4, 0.5) is 0 Å². The summed E-state index contributed by atoms with van der Waals surface area (Å²) in [5.74, 6) is 1.89. The SMILES string of the molecule is C=CCCC(=O)NC(C)CSC/C=C(/CC/C=C(\C)CCC=C(C)C)NNC=C. The van der Waals surface area contributed by atoms with Crippen LogP contribution in [0.5, 0.6) is 0 Å². The summed E-state index contributed by atoms with van der Waals surface area (Å²) in [6, 6.07) is 0.166. The summed E-state index contributed by atoms with van der Waals surface area (Å²) in [4.78, 5) is 11.7. The Morgan fingerprint density at radius 1 is 1.00 bits per heavy atom. The highest BCUT2D eigenvalue weighted by molar-refractivity contribution is 7.99. The maximum Gasteiger partial charge on any atom is 0.220 e. The van der Waals surface area contributed by atoms with Gasteiger partial charge in [0.05, 0.1) is 0 Å². The summed E-state index contributed by atoms with van der Waals surface area (Å²) in [5.41, 5.74) is 10.2. The van der Waals surface area contributed by atoms with Crippen molar-refractivity contribution in [3.05, 3.63) is 60.5 Å². The van der Waals surface area contributed by atoms with Crippen LogP contribution in [-0.4, -0.2) is 23.5 Å². The minimum absolute atomic E-state index is 0.0952. The Bertz CT molecular complexity index is 575. The molecule has 1 unspecified atom stereocenters. The zero-order chi connectivity index (χ0) is 21.9. The number of hydrogen-bond acceptors (Lipinski definition) is 4. The molecule has 0 saturated heterocycles. The molecule has 0 spiro atoms. The van der Waals surface area contributed by atoms with Crippen LogP contribution in [0.25, 0.3) is 0 Å². The van der Waals surface area contributed by atoms with Gasteiger partial charge in [-0.1, -0.05) is 42.0 Å². The summed E-state index contributed by atoms with van der Waals surface area (Å²) < 4.78 is 0. The summed E-state index contributed by atoms with van der Waals surface area (Å²) in [5, 5.41) is 3.03. The molecule has 164 valence electrons. The summed E-state index contributed by atoms with van der Waals surface area (Å²) >= 11 is 1.82. The van der Waals surface area contributed by atoms with E-state index in [0.717, 1.165) is 49.3 Å². The van der Waals surface area contributed by atoms with Gasteiger partial charge < -0.3 is 16.2 Å². The van der Waals surface area contributed by atoms with E-state index in [1.54, 1.807) is 12.3 Å². The number of nitrogens with one attached hydrogen (secondary N) is 3. The van der Waals surface area contributed by atoms with E-state index in [-0.39, 0.29) is 11.9 Å². The van der Waals surface area contributed by atoms with Crippen molar-refractivity contribution in [3.63, 3.8) is 0 Å². The molecule has 1 atom stereocenters. The first kappa shape index (κ1) is 27.1. The zero-order valence-corrected chi connectivity index (χ0v) is 19.7. The van der Waals surface area contributed by atoms with E-state index in [2.05, 4.69) is 68.3 Å². The lowest BCUT2D eigenvalue weighted by Crippen LogP contribution is -2.34. The number of hydrogen-bond donors (Lipinski definition) is 3. The molecule has 29 heavy (non-hydrogen) atoms. The van der Waals surface area contributed by atoms with Crippen LogP contribution in [0.1, 0.15) is 66.2 Å². The first-order valence-corrected chi connectivity index (χ1v) is 11.6. The predicted octanol–water partition coefficient (Wildman–Crippen LogP) is 5.79. The zero-order valence-electron chi connectivity index (χ0n) is 18.9. The van der Waals surface area contributed by atoms with Crippen LogP contribution >= 0.6 is 11.8 Å². The Balaban J connectivity index is 4.32. The van der Waals surface area contributed by atoms with Gasteiger partial charge in [0.15, 0.2) is 0 Å². The molecule has 0 bridgehead atoms. The second-order valence-electron chi connectivity index (χ2n) is 7.45. The Labute approximate surface area is 183 Å². The maximum atomic E-state index is 11.7. The molecule has 0 aromatic rings. The second kappa shape index (κ2) is 18.2. The van der Waals surface area contributed by atoms with E-state index < -0.39 is 0 Å². The summed E-state index contributed by atoms with van der Waals surface area (Å²) in [6.45, 7) is 15.9. The average Bonchev–Trinajstić information content (AvgIpc) is 2.66. The smallest absolute Gasteiger partial charge is 0.220 e. The molecule has 0 aliphatic heterocycles. The molecule has 0 aliphatic rings. The molecule has 4 nitrogen and oxygen atoms in total. The molecule has 0 aromatic carbocycles. The van der Waals surface area contributed by atoms with Crippen molar-refractivity contribution in [1.82, 2.24) is 16.2 Å². The number of allylic oxidation sites excluding steroid dienone is 6. The van der Waals surface area contributed by atoms with Crippen LogP contribution in [0.15, 0.2) is 60.5 Å². The van der Waals surface area contributed by atoms with Gasteiger partial charge in [0, 0.05) is 35.9 Å². The van der Waals surface area contributed by atoms with E-state index in [1.165, 1.54) is 11.1 Å². The van der Waals surface area contributed by atoms with Gasteiger partial charge in [0.2, 0.25) is 5.91 Å². The highest BCUT2D eigenvalue weighted by atomic mass is 32.2. The molecule has 0 fully saturated rings. The Morgan fingerprint density at radius 2 is 1.72 bits per heavy atom. The molecule has 0 saturated carbocycles. The summed E-state index contributed by atoms with van der Waals surface area (Å²) in [7, 11) is 0. The topological polar surface area (TPSA) is 53.2 Å². The van der Waals surface area contributed by atoms with Crippen molar-refractivity contribution < 1.29 is 4.79 Å². The van der Waals surface area contributed by atoms with Crippen molar-refractivity contribution in [2.75, 3.05) is 11.5 Å². The predicted molar refractivity (Wildman–Crippen MR) is 131 cm³/mol. The minimum Gasteiger partial charge on any atom is -0.353 e. The molecule has 0 aromatic heterocycles. The molecular formula is C24H41N3OS. The fraction of sp³-hybridized carbons (Fsp3) is 0.542. The third-order valence-electron chi connectivity index (χ3n) is 4.13. The van der Waals surface area contributed by atoms with Crippen molar-refractivity contribution >= 4 is 17.7 Å². The lowest BCUT2D eigenvalue weighted by molar-refractivity contribution is -0.121. The van der Waals surface area contributed by atoms with Gasteiger partial charge in [0.25, 0.3) is 0 Å². The maximum absolute atomic E-state index is 11.7. The normalized spacial score (nSPS) is 12.7. The third kappa shape index (κ3) is 17.9. The number of rotatable bonds is 17. The largest absolute Gasteiger partial charge is 0.353 e. The molecule has 5 heteroatoms. The molecule has 0 aliphatic carbocycles. The van der Waals surface area contributed by atoms with Gasteiger partial charge in [-0.15, -0.1) is 6.58 Å². The Hall–Kier alpha value is -1.88. The van der Waals surface area contributed by atoms with Gasteiger partial charge >= 0.3 is 0 Å². The fourth-order valence-electron chi connectivity index (χ4n) is 2.55. The van der Waals surface area contributed by atoms with Crippen LogP contribution in [0.2, 0.25) is 0 Å². The van der Waals surface area contributed by atoms with Crippen molar-refractivity contribution in [3.8, 4) is 0 Å². The number of amides is 1. The third-order valence-corrected chi connectivity index (χ3v) is 5.27. The Kier molecular flexibility index (Phi) is 17.0. The number of hydrazine groups is 1. The molecule has 3 N–H and O–H groups in total. The highest BCUT2D eigenvalue weighted by Crippen LogP contribution is 2.12. The lowest BCUT2D eigenvalue weighted by atomic mass is 10.1. The first-order chi connectivity index (χ1) is 13.9. The van der Waals surface area contributed by atoms with Crippen LogP contribution in [0.3, 0.4) is 0 Å². The molecule has 1 amide bonds. The number of carbonyl (C=O) groups excluding carboxylic acids is 1. The highest BCUT2D eigenvalue weighted by Gasteiger charge is 2.06. The van der Waals surface area contributed by atoms with Crippen molar-refractivity contribution in [2.24, 2.45) is 0 Å². The lowest BCUT2D eigenvalue weighted by Gasteiger charge is -2.13. The van der Waals surface area contributed by atoms with E-state index in [0.29, 0.717) is 6.42 Å². The standard InChI is InChI=1S/C24H41N3OS/c1-7-9-16-24(28)26-22(6)19-29-18-17-23(27-25-8-2)15-11-14-21(5)13-10-12-20(3)4/h7-8,12,14,17,22,25,27H,1-2,9-11,13,15-16,18-19H2,3-6H3,(H,26,28)/b21-14+,23-17-. The van der Waals surface area contributed by atoms with Gasteiger partial charge in [-0.25, -0.2) is 0 Å². The van der Waals surface area contributed by atoms with Gasteiger partial charge in [-0.05, 0) is 59.8 Å². The van der Waals surface area contributed by atoms with E-state index in [9.17, 15) is 4.79 Å². The van der Waals surface area contributed by atoms with E-state index in [4.69, 9.17) is 0 Å². The fourth-order valence-corrected chi connectivity index (χ4v) is 3.44. The van der Waals surface area contributed by atoms with E-state index in [1.807, 2.05) is 18.7 Å².